The van der Waals surface area contributed by atoms with Crippen LogP contribution in [0.1, 0.15) is 42.5 Å². The van der Waals surface area contributed by atoms with Crippen molar-refractivity contribution in [3.05, 3.63) is 40.0 Å². The predicted octanol–water partition coefficient (Wildman–Crippen LogP) is 4.18. The number of rotatable bonds is 8. The highest BCUT2D eigenvalue weighted by atomic mass is 32.1. The molecule has 5 heterocycles. The van der Waals surface area contributed by atoms with Crippen molar-refractivity contribution in [1.82, 2.24) is 29.7 Å². The first-order chi connectivity index (χ1) is 19.7. The van der Waals surface area contributed by atoms with Gasteiger partial charge in [0.25, 0.3) is 0 Å². The number of aryl methyl sites for hydroxylation is 1. The minimum atomic E-state index is -5.72. The molecule has 4 N–H and O–H groups in total. The maximum Gasteiger partial charge on any atom is 0.453 e. The predicted molar refractivity (Wildman–Crippen MR) is 139 cm³/mol. The lowest BCUT2D eigenvalue weighted by Crippen LogP contribution is -2.37. The van der Waals surface area contributed by atoms with E-state index < -0.39 is 47.8 Å². The second kappa shape index (κ2) is 9.11. The Morgan fingerprint density at radius 3 is 2.62 bits per heavy atom. The number of anilines is 2. The fourth-order valence-electron chi connectivity index (χ4n) is 5.02. The molecule has 1 unspecified atom stereocenters. The van der Waals surface area contributed by atoms with E-state index in [0.717, 1.165) is 4.68 Å². The molecule has 0 saturated heterocycles. The monoisotopic (exact) mass is 608 g/mol. The summed E-state index contributed by atoms with van der Waals surface area (Å²) in [6.07, 6.45) is -4.63. The summed E-state index contributed by atoms with van der Waals surface area (Å²) in [5.41, 5.74) is 4.93. The Balaban J connectivity index is 1.36. The van der Waals surface area contributed by atoms with Crippen LogP contribution in [0.4, 0.5) is 33.6 Å². The van der Waals surface area contributed by atoms with Crippen molar-refractivity contribution in [2.75, 3.05) is 11.1 Å². The van der Waals surface area contributed by atoms with E-state index in [0.29, 0.717) is 23.5 Å². The molecule has 0 aromatic carbocycles. The summed E-state index contributed by atoms with van der Waals surface area (Å²) in [6.45, 7) is 0.792. The van der Waals surface area contributed by atoms with Gasteiger partial charge in [0.05, 0.1) is 22.1 Å². The first-order valence-electron chi connectivity index (χ1n) is 12.6. The zero-order chi connectivity index (χ0) is 30.2. The Morgan fingerprint density at radius 1 is 1.21 bits per heavy atom. The molecule has 0 spiro atoms. The van der Waals surface area contributed by atoms with Crippen molar-refractivity contribution in [2.24, 2.45) is 5.41 Å². The van der Waals surface area contributed by atoms with Gasteiger partial charge in [-0.25, -0.2) is 24.6 Å². The number of carboxylic acid groups (broad SMARTS) is 1. The molecule has 17 heteroatoms. The van der Waals surface area contributed by atoms with E-state index in [1.807, 2.05) is 0 Å². The van der Waals surface area contributed by atoms with Crippen LogP contribution in [-0.2, 0) is 28.0 Å². The van der Waals surface area contributed by atoms with Crippen molar-refractivity contribution in [3.8, 4) is 11.5 Å². The van der Waals surface area contributed by atoms with E-state index in [1.165, 1.54) is 29.7 Å². The first-order valence-corrected chi connectivity index (χ1v) is 13.5. The summed E-state index contributed by atoms with van der Waals surface area (Å²) >= 11 is 1.18. The SMILES string of the molecule is CC1(c2nc(CC3(C(=O)O)CC3)cs2)C(=O)Nc2nc(-c3nn(CCC(F)(F)C(F)(F)F)c4ncccc34)nc(N)c21. The Bertz CT molecular complexity index is 1770. The molecule has 4 aromatic heterocycles. The number of nitrogens with zero attached hydrogens (tertiary/aromatic N) is 6. The average molecular weight is 609 g/mol. The fourth-order valence-corrected chi connectivity index (χ4v) is 6.00. The van der Waals surface area contributed by atoms with Gasteiger partial charge >= 0.3 is 18.1 Å². The van der Waals surface area contributed by atoms with Crippen LogP contribution in [-0.4, -0.2) is 58.8 Å². The number of nitrogens with two attached hydrogens (primary N) is 1. The highest BCUT2D eigenvalue weighted by molar-refractivity contribution is 7.10. The number of nitrogens with one attached hydrogen (secondary N) is 1. The number of carbonyl (C=O) groups excluding carboxylic acids is 1. The maximum atomic E-state index is 13.6. The van der Waals surface area contributed by atoms with Crippen molar-refractivity contribution in [3.63, 3.8) is 0 Å². The molecule has 42 heavy (non-hydrogen) atoms. The van der Waals surface area contributed by atoms with Crippen LogP contribution in [0.3, 0.4) is 0 Å². The van der Waals surface area contributed by atoms with E-state index in [4.69, 9.17) is 5.73 Å². The minimum absolute atomic E-state index is 0.0192. The van der Waals surface area contributed by atoms with Gasteiger partial charge in [0.1, 0.15) is 27.8 Å². The number of pyridine rings is 1. The standard InChI is InChI=1S/C25H21F5N8O3S/c1-22(20-33-11(10-42-20)9-23(4-5-23)21(40)41)13-15(31)34-17(35-16(13)36-19(22)39)14-12-3-2-7-32-18(12)38(37-14)8-6-24(26,27)25(28,29)30/h2-3,7,10H,4-6,8-9H2,1H3,(H,40,41)(H3,31,34,35,36,39). The van der Waals surface area contributed by atoms with E-state index in [2.05, 4.69) is 30.4 Å². The molecule has 4 aromatic rings. The largest absolute Gasteiger partial charge is 0.481 e. The third-order valence-electron chi connectivity index (χ3n) is 7.70. The second-order valence-electron chi connectivity index (χ2n) is 10.5. The number of carbonyl (C=O) groups is 2. The molecule has 1 fully saturated rings. The van der Waals surface area contributed by atoms with Gasteiger partial charge in [0, 0.05) is 31.0 Å². The summed E-state index contributed by atoms with van der Waals surface area (Å²) in [5, 5.41) is 18.7. The molecule has 6 rings (SSSR count). The van der Waals surface area contributed by atoms with Crippen LogP contribution in [0.2, 0.25) is 0 Å². The second-order valence-corrected chi connectivity index (χ2v) is 11.4. The van der Waals surface area contributed by atoms with Crippen LogP contribution in [0.5, 0.6) is 0 Å². The summed E-state index contributed by atoms with van der Waals surface area (Å²) < 4.78 is 66.3. The molecule has 0 bridgehead atoms. The number of fused-ring (bicyclic) bond motifs is 2. The van der Waals surface area contributed by atoms with Crippen LogP contribution >= 0.6 is 11.3 Å². The van der Waals surface area contributed by atoms with Crippen molar-refractivity contribution in [2.45, 2.75) is 56.7 Å². The van der Waals surface area contributed by atoms with Gasteiger partial charge in [0.2, 0.25) is 5.91 Å². The molecule has 1 atom stereocenters. The number of amides is 1. The smallest absolute Gasteiger partial charge is 0.453 e. The summed E-state index contributed by atoms with van der Waals surface area (Å²) in [5.74, 6) is -6.48. The summed E-state index contributed by atoms with van der Waals surface area (Å²) in [7, 11) is 0. The highest BCUT2D eigenvalue weighted by Gasteiger charge is 2.57. The molecule has 1 amide bonds. The molecular weight excluding hydrogens is 587 g/mol. The zero-order valence-electron chi connectivity index (χ0n) is 21.7. The molecule has 1 aliphatic carbocycles. The normalized spacial score (nSPS) is 19.6. The Labute approximate surface area is 237 Å². The van der Waals surface area contributed by atoms with Crippen LogP contribution in [0.25, 0.3) is 22.6 Å². The Morgan fingerprint density at radius 2 is 1.95 bits per heavy atom. The Kier molecular flexibility index (Phi) is 6.04. The van der Waals surface area contributed by atoms with Gasteiger partial charge < -0.3 is 16.2 Å². The van der Waals surface area contributed by atoms with Crippen molar-refractivity contribution < 1.29 is 36.6 Å². The van der Waals surface area contributed by atoms with Crippen LogP contribution in [0, 0.1) is 5.41 Å². The third kappa shape index (κ3) is 4.24. The van der Waals surface area contributed by atoms with Gasteiger partial charge in [-0.2, -0.15) is 27.1 Å². The minimum Gasteiger partial charge on any atom is -0.481 e. The lowest BCUT2D eigenvalue weighted by Gasteiger charge is -2.20. The van der Waals surface area contributed by atoms with E-state index >= 15 is 0 Å². The van der Waals surface area contributed by atoms with Gasteiger partial charge in [-0.05, 0) is 31.9 Å². The molecule has 0 radical (unpaired) electrons. The average Bonchev–Trinajstić information content (AvgIpc) is 3.26. The fraction of sp³-hybridized carbons (Fsp3) is 0.400. The molecule has 2 aliphatic rings. The van der Waals surface area contributed by atoms with Crippen molar-refractivity contribution in [1.29, 1.82) is 0 Å². The number of halogens is 5. The van der Waals surface area contributed by atoms with E-state index in [9.17, 15) is 36.6 Å². The Hall–Kier alpha value is -4.28. The summed E-state index contributed by atoms with van der Waals surface area (Å²) in [6, 6.07) is 3.05. The first kappa shape index (κ1) is 27.9. The third-order valence-corrected chi connectivity index (χ3v) is 8.81. The summed E-state index contributed by atoms with van der Waals surface area (Å²) in [4.78, 5) is 42.3. The zero-order valence-corrected chi connectivity index (χ0v) is 22.5. The lowest BCUT2D eigenvalue weighted by molar-refractivity contribution is -0.285. The van der Waals surface area contributed by atoms with Gasteiger partial charge in [-0.15, -0.1) is 11.3 Å². The molecule has 11 nitrogen and oxygen atoms in total. The molecule has 1 saturated carbocycles. The number of hydrogen-bond acceptors (Lipinski definition) is 9. The van der Waals surface area contributed by atoms with Crippen LogP contribution in [0.15, 0.2) is 23.7 Å². The number of hydrogen-bond donors (Lipinski definition) is 3. The van der Waals surface area contributed by atoms with Crippen LogP contribution < -0.4 is 11.1 Å². The number of nitrogen functional groups attached to an aromatic ring is 1. The maximum absolute atomic E-state index is 13.6. The highest BCUT2D eigenvalue weighted by Crippen LogP contribution is 2.50. The molecule has 1 aliphatic heterocycles. The number of carboxylic acids is 1. The van der Waals surface area contributed by atoms with Gasteiger partial charge in [-0.3, -0.25) is 9.59 Å². The van der Waals surface area contributed by atoms with Gasteiger partial charge in [-0.1, -0.05) is 0 Å². The van der Waals surface area contributed by atoms with E-state index in [1.54, 1.807) is 12.3 Å². The number of aliphatic carboxylic acids is 1. The lowest BCUT2D eigenvalue weighted by atomic mass is 9.85. The number of aromatic nitrogens is 6. The topological polar surface area (TPSA) is 162 Å². The quantitative estimate of drug-likeness (QED) is 0.249. The van der Waals surface area contributed by atoms with Crippen molar-refractivity contribution >= 4 is 45.9 Å². The molecular formula is C25H21F5N8O3S. The number of thiazole rings is 1. The number of alkyl halides is 5. The van der Waals surface area contributed by atoms with Gasteiger partial charge in [0.15, 0.2) is 11.5 Å². The molecule has 220 valence electrons. The van der Waals surface area contributed by atoms with E-state index in [-0.39, 0.29) is 46.2 Å².